The maximum absolute atomic E-state index is 14.3. The van der Waals surface area contributed by atoms with E-state index in [1.165, 1.54) is 24.3 Å². The molecular weight excluding hydrogens is 407 g/mol. The lowest BCUT2D eigenvalue weighted by Gasteiger charge is -2.26. The first kappa shape index (κ1) is 20.4. The van der Waals surface area contributed by atoms with Crippen LogP contribution in [0.1, 0.15) is 26.2 Å². The topological polar surface area (TPSA) is 72.6 Å². The van der Waals surface area contributed by atoms with Gasteiger partial charge in [-0.05, 0) is 62.6 Å². The first-order valence-electron chi connectivity index (χ1n) is 9.99. The Kier molecular flexibility index (Phi) is 5.76. The summed E-state index contributed by atoms with van der Waals surface area (Å²) in [5.41, 5.74) is 0.129. The fourth-order valence-corrected chi connectivity index (χ4v) is 4.83. The molecule has 1 fully saturated rings. The van der Waals surface area contributed by atoms with E-state index in [2.05, 4.69) is 4.98 Å². The summed E-state index contributed by atoms with van der Waals surface area (Å²) in [6.07, 6.45) is 2.93. The number of hydrogen-bond acceptors (Lipinski definition) is 6. The van der Waals surface area contributed by atoms with Crippen LogP contribution in [0.15, 0.2) is 62.9 Å². The number of piperidine rings is 1. The highest BCUT2D eigenvalue weighted by atomic mass is 32.2. The molecule has 3 aromatic rings. The zero-order valence-corrected chi connectivity index (χ0v) is 17.5. The molecule has 30 heavy (non-hydrogen) atoms. The number of hydrogen-bond donors (Lipinski definition) is 0. The monoisotopic (exact) mass is 430 g/mol. The maximum atomic E-state index is 14.3. The van der Waals surface area contributed by atoms with Gasteiger partial charge in [0.2, 0.25) is 26.6 Å². The van der Waals surface area contributed by atoms with Gasteiger partial charge >= 0.3 is 0 Å². The standard InChI is InChI=1S/C22H23FN2O4S/c1-2-28-16-10-12-17(13-11-16)30(26,27)21-22(25-14-6-3-7-15-25)29-20(24-21)18-8-4-5-9-19(18)23/h4-5,8-13H,2-3,6-7,14-15H2,1H3. The lowest BCUT2D eigenvalue weighted by atomic mass is 10.1. The Labute approximate surface area is 175 Å². The highest BCUT2D eigenvalue weighted by molar-refractivity contribution is 7.91. The molecule has 1 aliphatic heterocycles. The van der Waals surface area contributed by atoms with E-state index in [4.69, 9.17) is 9.15 Å². The van der Waals surface area contributed by atoms with Crippen molar-refractivity contribution in [3.63, 3.8) is 0 Å². The van der Waals surface area contributed by atoms with E-state index < -0.39 is 15.7 Å². The summed E-state index contributed by atoms with van der Waals surface area (Å²) >= 11 is 0. The zero-order chi connectivity index (χ0) is 21.1. The molecular formula is C22H23FN2O4S. The molecule has 0 radical (unpaired) electrons. The SMILES string of the molecule is CCOc1ccc(S(=O)(=O)c2nc(-c3ccccc3F)oc2N2CCCCC2)cc1. The summed E-state index contributed by atoms with van der Waals surface area (Å²) in [6, 6.07) is 12.2. The molecule has 0 amide bonds. The molecule has 0 atom stereocenters. The Morgan fingerprint density at radius 3 is 2.43 bits per heavy atom. The number of anilines is 1. The molecule has 0 N–H and O–H groups in total. The van der Waals surface area contributed by atoms with Crippen molar-refractivity contribution < 1.29 is 22.0 Å². The van der Waals surface area contributed by atoms with Crippen LogP contribution in [0.5, 0.6) is 5.75 Å². The Morgan fingerprint density at radius 2 is 1.77 bits per heavy atom. The minimum Gasteiger partial charge on any atom is -0.494 e. The quantitative estimate of drug-likeness (QED) is 0.564. The van der Waals surface area contributed by atoms with Crippen molar-refractivity contribution in [2.24, 2.45) is 0 Å². The van der Waals surface area contributed by atoms with Crippen molar-refractivity contribution in [3.8, 4) is 17.2 Å². The fraction of sp³-hybridized carbons (Fsp3) is 0.318. The summed E-state index contributed by atoms with van der Waals surface area (Å²) in [4.78, 5) is 6.21. The van der Waals surface area contributed by atoms with E-state index in [9.17, 15) is 12.8 Å². The van der Waals surface area contributed by atoms with E-state index in [1.807, 2.05) is 11.8 Å². The van der Waals surface area contributed by atoms with Gasteiger partial charge in [-0.15, -0.1) is 0 Å². The van der Waals surface area contributed by atoms with Crippen LogP contribution in [-0.4, -0.2) is 33.1 Å². The van der Waals surface area contributed by atoms with Gasteiger partial charge in [-0.25, -0.2) is 12.8 Å². The average Bonchev–Trinajstić information content (AvgIpc) is 3.21. The summed E-state index contributed by atoms with van der Waals surface area (Å²) in [6.45, 7) is 3.67. The molecule has 1 aromatic heterocycles. The van der Waals surface area contributed by atoms with Crippen LogP contribution >= 0.6 is 0 Å². The summed E-state index contributed by atoms with van der Waals surface area (Å²) in [5.74, 6) is 0.189. The number of sulfone groups is 1. The third-order valence-electron chi connectivity index (χ3n) is 5.03. The molecule has 0 unspecified atom stereocenters. The Morgan fingerprint density at radius 1 is 1.07 bits per heavy atom. The van der Waals surface area contributed by atoms with Gasteiger partial charge in [-0.3, -0.25) is 0 Å². The van der Waals surface area contributed by atoms with Crippen LogP contribution in [0.2, 0.25) is 0 Å². The first-order valence-corrected chi connectivity index (χ1v) is 11.5. The number of ether oxygens (including phenoxy) is 1. The van der Waals surface area contributed by atoms with Crippen molar-refractivity contribution in [1.29, 1.82) is 0 Å². The number of aromatic nitrogens is 1. The second-order valence-corrected chi connectivity index (χ2v) is 8.93. The van der Waals surface area contributed by atoms with E-state index >= 15 is 0 Å². The number of rotatable bonds is 6. The molecule has 1 saturated heterocycles. The van der Waals surface area contributed by atoms with Crippen molar-refractivity contribution in [3.05, 3.63) is 54.3 Å². The summed E-state index contributed by atoms with van der Waals surface area (Å²) in [7, 11) is -3.98. The van der Waals surface area contributed by atoms with Crippen molar-refractivity contribution in [2.45, 2.75) is 36.1 Å². The minimum atomic E-state index is -3.98. The Bertz CT molecular complexity index is 1120. The lowest BCUT2D eigenvalue weighted by Crippen LogP contribution is -2.30. The molecule has 6 nitrogen and oxygen atoms in total. The summed E-state index contributed by atoms with van der Waals surface area (Å²) in [5, 5.41) is -0.188. The van der Waals surface area contributed by atoms with Crippen molar-refractivity contribution in [2.75, 3.05) is 24.6 Å². The van der Waals surface area contributed by atoms with Crippen LogP contribution < -0.4 is 9.64 Å². The molecule has 2 heterocycles. The van der Waals surface area contributed by atoms with Crippen LogP contribution in [0.25, 0.3) is 11.5 Å². The number of nitrogens with zero attached hydrogens (tertiary/aromatic N) is 2. The molecule has 0 saturated carbocycles. The number of halogens is 1. The lowest BCUT2D eigenvalue weighted by molar-refractivity contribution is 0.340. The van der Waals surface area contributed by atoms with Gasteiger partial charge in [0.25, 0.3) is 0 Å². The number of oxazole rings is 1. The van der Waals surface area contributed by atoms with Crippen LogP contribution in [-0.2, 0) is 9.84 Å². The Hall–Kier alpha value is -2.87. The molecule has 0 spiro atoms. The first-order chi connectivity index (χ1) is 14.5. The third-order valence-corrected chi connectivity index (χ3v) is 6.69. The van der Waals surface area contributed by atoms with Gasteiger partial charge in [-0.1, -0.05) is 12.1 Å². The molecule has 2 aromatic carbocycles. The summed E-state index contributed by atoms with van der Waals surface area (Å²) < 4.78 is 52.4. The van der Waals surface area contributed by atoms with Crippen molar-refractivity contribution in [1.82, 2.24) is 4.98 Å². The smallest absolute Gasteiger partial charge is 0.236 e. The predicted octanol–water partition coefficient (Wildman–Crippen LogP) is 4.70. The molecule has 0 aliphatic carbocycles. The van der Waals surface area contributed by atoms with Gasteiger partial charge in [-0.2, -0.15) is 4.98 Å². The third kappa shape index (κ3) is 3.92. The van der Waals surface area contributed by atoms with Crippen LogP contribution in [0.4, 0.5) is 10.3 Å². The molecule has 4 rings (SSSR count). The second kappa shape index (κ2) is 8.47. The van der Waals surface area contributed by atoms with Gasteiger partial charge in [0, 0.05) is 13.1 Å². The van der Waals surface area contributed by atoms with E-state index in [0.717, 1.165) is 19.3 Å². The van der Waals surface area contributed by atoms with E-state index in [0.29, 0.717) is 25.4 Å². The molecule has 158 valence electrons. The normalized spacial score (nSPS) is 14.7. The van der Waals surface area contributed by atoms with Gasteiger partial charge < -0.3 is 14.1 Å². The molecule has 8 heteroatoms. The fourth-order valence-electron chi connectivity index (χ4n) is 3.51. The highest BCUT2D eigenvalue weighted by Crippen LogP contribution is 2.36. The largest absolute Gasteiger partial charge is 0.494 e. The predicted molar refractivity (Wildman–Crippen MR) is 111 cm³/mol. The van der Waals surface area contributed by atoms with Gasteiger partial charge in [0.15, 0.2) is 0 Å². The Balaban J connectivity index is 1.81. The van der Waals surface area contributed by atoms with E-state index in [-0.39, 0.29) is 27.3 Å². The number of benzene rings is 2. The minimum absolute atomic E-state index is 0.0433. The maximum Gasteiger partial charge on any atom is 0.236 e. The van der Waals surface area contributed by atoms with Crippen LogP contribution in [0.3, 0.4) is 0 Å². The second-order valence-electron chi connectivity index (χ2n) is 7.06. The zero-order valence-electron chi connectivity index (χ0n) is 16.7. The van der Waals surface area contributed by atoms with E-state index in [1.54, 1.807) is 24.3 Å². The molecule has 1 aliphatic rings. The average molecular weight is 431 g/mol. The molecule has 0 bridgehead atoms. The van der Waals surface area contributed by atoms with Gasteiger partial charge in [0.05, 0.1) is 17.1 Å². The van der Waals surface area contributed by atoms with Crippen molar-refractivity contribution >= 4 is 15.7 Å². The highest BCUT2D eigenvalue weighted by Gasteiger charge is 2.32. The van der Waals surface area contributed by atoms with Gasteiger partial charge in [0.1, 0.15) is 11.6 Å². The van der Waals surface area contributed by atoms with Crippen LogP contribution in [0, 0.1) is 5.82 Å².